The minimum absolute atomic E-state index is 0.0414. The number of esters is 1. The molecule has 6 heteroatoms. The Morgan fingerprint density at radius 3 is 2.41 bits per heavy atom. The van der Waals surface area contributed by atoms with Crippen molar-refractivity contribution in [2.24, 2.45) is 0 Å². The number of carbonyl (C=O) groups excluding carboxylic acids is 2. The lowest BCUT2D eigenvalue weighted by atomic mass is 10.1. The molecule has 0 radical (unpaired) electrons. The van der Waals surface area contributed by atoms with E-state index in [1.165, 1.54) is 7.11 Å². The van der Waals surface area contributed by atoms with Gasteiger partial charge in [-0.2, -0.15) is 0 Å². The van der Waals surface area contributed by atoms with Crippen molar-refractivity contribution in [3.63, 3.8) is 0 Å². The zero-order chi connectivity index (χ0) is 19.6. The molecule has 0 bridgehead atoms. The lowest BCUT2D eigenvalue weighted by molar-refractivity contribution is -0.116. The fourth-order valence-electron chi connectivity index (χ4n) is 3.26. The van der Waals surface area contributed by atoms with Crippen LogP contribution in [0.25, 0.3) is 11.5 Å². The van der Waals surface area contributed by atoms with Gasteiger partial charge in [-0.25, -0.2) is 4.79 Å². The van der Waals surface area contributed by atoms with Crippen LogP contribution in [-0.4, -0.2) is 23.6 Å². The molecule has 6 nitrogen and oxygen atoms in total. The Morgan fingerprint density at radius 1 is 1.11 bits per heavy atom. The highest BCUT2D eigenvalue weighted by atomic mass is 16.5. The molecule has 1 N–H and O–H groups in total. The minimum Gasteiger partial charge on any atom is -0.464 e. The Morgan fingerprint density at radius 2 is 1.81 bits per heavy atom. The zero-order valence-electron chi connectivity index (χ0n) is 15.8. The molecular formula is C21H22N2O4. The van der Waals surface area contributed by atoms with Crippen LogP contribution in [-0.2, 0) is 16.1 Å². The first kappa shape index (κ1) is 18.5. The molecule has 0 aliphatic rings. The summed E-state index contributed by atoms with van der Waals surface area (Å²) < 4.78 is 11.9. The highest BCUT2D eigenvalue weighted by Gasteiger charge is 2.20. The SMILES string of the molecule is COC(=O)c1ccc(-c2ccco2)n1CC(=O)Nc1c(C)cc(C)cc1C. The van der Waals surface area contributed by atoms with Crippen molar-refractivity contribution < 1.29 is 18.7 Å². The summed E-state index contributed by atoms with van der Waals surface area (Å²) in [5.74, 6) is -0.178. The summed E-state index contributed by atoms with van der Waals surface area (Å²) >= 11 is 0. The van der Waals surface area contributed by atoms with E-state index in [0.717, 1.165) is 22.4 Å². The summed E-state index contributed by atoms with van der Waals surface area (Å²) in [6, 6.07) is 10.9. The first-order valence-electron chi connectivity index (χ1n) is 8.60. The molecule has 1 amide bonds. The maximum absolute atomic E-state index is 12.7. The van der Waals surface area contributed by atoms with Crippen molar-refractivity contribution in [1.82, 2.24) is 4.57 Å². The standard InChI is InChI=1S/C21H22N2O4/c1-13-10-14(2)20(15(3)11-13)22-19(24)12-23-16(18-6-5-9-27-18)7-8-17(23)21(25)26-4/h5-11H,12H2,1-4H3,(H,22,24). The van der Waals surface area contributed by atoms with E-state index in [0.29, 0.717) is 11.5 Å². The van der Waals surface area contributed by atoms with Gasteiger partial charge in [-0.05, 0) is 56.2 Å². The Hall–Kier alpha value is -3.28. The van der Waals surface area contributed by atoms with Gasteiger partial charge >= 0.3 is 5.97 Å². The molecule has 0 aliphatic heterocycles. The third-order valence-electron chi connectivity index (χ3n) is 4.39. The van der Waals surface area contributed by atoms with Crippen LogP contribution in [0.5, 0.6) is 0 Å². The van der Waals surface area contributed by atoms with Gasteiger partial charge in [-0.1, -0.05) is 17.7 Å². The lowest BCUT2D eigenvalue weighted by Crippen LogP contribution is -2.23. The van der Waals surface area contributed by atoms with E-state index >= 15 is 0 Å². The highest BCUT2D eigenvalue weighted by molar-refractivity contribution is 5.94. The van der Waals surface area contributed by atoms with Crippen molar-refractivity contribution >= 4 is 17.6 Å². The number of benzene rings is 1. The quantitative estimate of drug-likeness (QED) is 0.690. The lowest BCUT2D eigenvalue weighted by Gasteiger charge is -2.15. The normalized spacial score (nSPS) is 10.7. The number of rotatable bonds is 5. The average molecular weight is 366 g/mol. The molecule has 1 aromatic carbocycles. The number of hydrogen-bond donors (Lipinski definition) is 1. The molecule has 2 aromatic heterocycles. The summed E-state index contributed by atoms with van der Waals surface area (Å²) in [6.45, 7) is 5.89. The van der Waals surface area contributed by atoms with Crippen LogP contribution in [0.2, 0.25) is 0 Å². The molecule has 3 aromatic rings. The molecule has 0 aliphatic carbocycles. The second kappa shape index (κ2) is 7.53. The number of methoxy groups -OCH3 is 1. The molecule has 0 saturated carbocycles. The number of nitrogens with zero attached hydrogens (tertiary/aromatic N) is 1. The van der Waals surface area contributed by atoms with Crippen LogP contribution in [0.15, 0.2) is 47.1 Å². The summed E-state index contributed by atoms with van der Waals surface area (Å²) in [6.07, 6.45) is 1.55. The summed E-state index contributed by atoms with van der Waals surface area (Å²) in [5, 5.41) is 2.96. The van der Waals surface area contributed by atoms with Crippen LogP contribution >= 0.6 is 0 Å². The third kappa shape index (κ3) is 3.79. The molecular weight excluding hydrogens is 344 g/mol. The second-order valence-corrected chi connectivity index (χ2v) is 6.48. The Balaban J connectivity index is 1.91. The van der Waals surface area contributed by atoms with E-state index in [4.69, 9.17) is 9.15 Å². The third-order valence-corrected chi connectivity index (χ3v) is 4.39. The van der Waals surface area contributed by atoms with Crippen LogP contribution < -0.4 is 5.32 Å². The topological polar surface area (TPSA) is 73.5 Å². The van der Waals surface area contributed by atoms with Gasteiger partial charge in [0.15, 0.2) is 0 Å². The molecule has 140 valence electrons. The van der Waals surface area contributed by atoms with Crippen LogP contribution in [0, 0.1) is 20.8 Å². The molecule has 3 rings (SSSR count). The maximum atomic E-state index is 12.7. The number of anilines is 1. The fraction of sp³-hybridized carbons (Fsp3) is 0.238. The van der Waals surface area contributed by atoms with E-state index in [-0.39, 0.29) is 18.1 Å². The predicted octanol–water partition coefficient (Wildman–Crippen LogP) is 4.10. The Labute approximate surface area is 157 Å². The molecule has 27 heavy (non-hydrogen) atoms. The van der Waals surface area contributed by atoms with Gasteiger partial charge in [0.05, 0.1) is 19.1 Å². The monoisotopic (exact) mass is 366 g/mol. The smallest absolute Gasteiger partial charge is 0.354 e. The van der Waals surface area contributed by atoms with E-state index in [1.807, 2.05) is 32.9 Å². The predicted molar refractivity (Wildman–Crippen MR) is 103 cm³/mol. The first-order chi connectivity index (χ1) is 12.9. The van der Waals surface area contributed by atoms with Gasteiger partial charge in [-0.15, -0.1) is 0 Å². The number of hydrogen-bond acceptors (Lipinski definition) is 4. The van der Waals surface area contributed by atoms with Gasteiger partial charge in [0.2, 0.25) is 5.91 Å². The van der Waals surface area contributed by atoms with Gasteiger partial charge in [0, 0.05) is 5.69 Å². The fourth-order valence-corrected chi connectivity index (χ4v) is 3.26. The van der Waals surface area contributed by atoms with Crippen molar-refractivity contribution in [1.29, 1.82) is 0 Å². The van der Waals surface area contributed by atoms with Crippen molar-refractivity contribution in [3.05, 3.63) is 65.0 Å². The second-order valence-electron chi connectivity index (χ2n) is 6.48. The number of amides is 1. The highest BCUT2D eigenvalue weighted by Crippen LogP contribution is 2.25. The van der Waals surface area contributed by atoms with Gasteiger partial charge in [0.25, 0.3) is 0 Å². The number of aryl methyl sites for hydroxylation is 3. The van der Waals surface area contributed by atoms with Gasteiger partial charge in [-0.3, -0.25) is 4.79 Å². The van der Waals surface area contributed by atoms with Gasteiger partial charge < -0.3 is 19.0 Å². The number of furan rings is 1. The van der Waals surface area contributed by atoms with E-state index in [1.54, 1.807) is 35.1 Å². The number of nitrogens with one attached hydrogen (secondary N) is 1. The van der Waals surface area contributed by atoms with E-state index in [2.05, 4.69) is 5.32 Å². The summed E-state index contributed by atoms with van der Waals surface area (Å²) in [4.78, 5) is 24.8. The Kier molecular flexibility index (Phi) is 5.16. The van der Waals surface area contributed by atoms with Crippen LogP contribution in [0.4, 0.5) is 5.69 Å². The van der Waals surface area contributed by atoms with Crippen molar-refractivity contribution in [2.75, 3.05) is 12.4 Å². The molecule has 0 fully saturated rings. The Bertz CT molecular complexity index is 961. The summed E-state index contributed by atoms with van der Waals surface area (Å²) in [7, 11) is 1.31. The van der Waals surface area contributed by atoms with Crippen LogP contribution in [0.1, 0.15) is 27.2 Å². The number of ether oxygens (including phenoxy) is 1. The average Bonchev–Trinajstić information content (AvgIpc) is 3.27. The molecule has 0 spiro atoms. The largest absolute Gasteiger partial charge is 0.464 e. The minimum atomic E-state index is -0.511. The number of carbonyl (C=O) groups is 2. The number of aromatic nitrogens is 1. The molecule has 0 atom stereocenters. The summed E-state index contributed by atoms with van der Waals surface area (Å²) in [5.41, 5.74) is 4.84. The van der Waals surface area contributed by atoms with Crippen LogP contribution in [0.3, 0.4) is 0 Å². The first-order valence-corrected chi connectivity index (χ1v) is 8.60. The van der Waals surface area contributed by atoms with Crippen molar-refractivity contribution in [2.45, 2.75) is 27.3 Å². The molecule has 0 unspecified atom stereocenters. The van der Waals surface area contributed by atoms with Crippen molar-refractivity contribution in [3.8, 4) is 11.5 Å². The van der Waals surface area contributed by atoms with E-state index in [9.17, 15) is 9.59 Å². The maximum Gasteiger partial charge on any atom is 0.354 e. The molecule has 0 saturated heterocycles. The zero-order valence-corrected chi connectivity index (χ0v) is 15.8. The molecule has 2 heterocycles. The van der Waals surface area contributed by atoms with E-state index < -0.39 is 5.97 Å². The van der Waals surface area contributed by atoms with Gasteiger partial charge in [0.1, 0.15) is 18.0 Å².